The van der Waals surface area contributed by atoms with Gasteiger partial charge in [0.25, 0.3) is 0 Å². The lowest BCUT2D eigenvalue weighted by Gasteiger charge is -2.37. The number of aliphatic hydroxyl groups is 4. The van der Waals surface area contributed by atoms with Gasteiger partial charge in [0.1, 0.15) is 24.4 Å². The Morgan fingerprint density at radius 2 is 1.86 bits per heavy atom. The van der Waals surface area contributed by atoms with Crippen molar-refractivity contribution in [3.8, 4) is 0 Å². The van der Waals surface area contributed by atoms with Crippen LogP contribution in [0.4, 0.5) is 0 Å². The summed E-state index contributed by atoms with van der Waals surface area (Å²) < 4.78 is 4.84. The fourth-order valence-corrected chi connectivity index (χ4v) is 1.23. The zero-order valence-corrected chi connectivity index (χ0v) is 7.13. The fourth-order valence-electron chi connectivity index (χ4n) is 1.23. The minimum atomic E-state index is -1.50. The molecule has 1 rings (SSSR count). The van der Waals surface area contributed by atoms with Crippen molar-refractivity contribution in [2.45, 2.75) is 30.6 Å². The van der Waals surface area contributed by atoms with Crippen molar-refractivity contribution in [1.82, 2.24) is 0 Å². The summed E-state index contributed by atoms with van der Waals surface area (Å²) in [5.41, 5.74) is 8.11. The van der Waals surface area contributed by atoms with E-state index in [-0.39, 0.29) is 0 Å². The van der Waals surface area contributed by atoms with E-state index >= 15 is 0 Å². The lowest BCUT2D eigenvalue weighted by atomic mass is 9.99. The second-order valence-corrected chi connectivity index (χ2v) is 2.92. The van der Waals surface area contributed by atoms with Gasteiger partial charge in [0.05, 0.1) is 6.61 Å². The molecule has 0 aliphatic carbocycles. The van der Waals surface area contributed by atoms with E-state index in [1.807, 2.05) is 0 Å². The predicted molar refractivity (Wildman–Crippen MR) is 42.9 cm³/mol. The van der Waals surface area contributed by atoms with Gasteiger partial charge in [-0.25, -0.2) is 0 Å². The number of ether oxygens (including phenoxy) is 1. The Morgan fingerprint density at radius 1 is 1.21 bits per heavy atom. The summed E-state index contributed by atoms with van der Waals surface area (Å²) >= 11 is 0. The molecule has 8 nitrogen and oxygen atoms in total. The van der Waals surface area contributed by atoms with Crippen molar-refractivity contribution >= 4 is 0 Å². The molecule has 1 aliphatic rings. The third-order valence-corrected chi connectivity index (χ3v) is 2.03. The van der Waals surface area contributed by atoms with Crippen LogP contribution in [0.2, 0.25) is 0 Å². The molecular formula is C6H11N3O5. The molecule has 1 heterocycles. The van der Waals surface area contributed by atoms with Gasteiger partial charge in [-0.1, -0.05) is 5.11 Å². The first-order valence-corrected chi connectivity index (χ1v) is 3.96. The molecule has 0 saturated carbocycles. The van der Waals surface area contributed by atoms with Gasteiger partial charge in [-0.15, -0.1) is 0 Å². The van der Waals surface area contributed by atoms with Gasteiger partial charge < -0.3 is 25.2 Å². The standard InChI is InChI=1S/C6H11N3O5/c7-9-8-6-5(13)4(12)3(11)2(1-10)14-6/h2-6,10-13H,1H2/t2?,3?,4-,5?,6?/m0/s1. The lowest BCUT2D eigenvalue weighted by molar-refractivity contribution is -0.227. The Kier molecular flexibility index (Phi) is 3.64. The van der Waals surface area contributed by atoms with E-state index in [0.29, 0.717) is 0 Å². The van der Waals surface area contributed by atoms with Crippen molar-refractivity contribution in [3.63, 3.8) is 0 Å². The van der Waals surface area contributed by atoms with E-state index in [9.17, 15) is 15.3 Å². The number of nitrogens with zero attached hydrogens (tertiary/aromatic N) is 3. The summed E-state index contributed by atoms with van der Waals surface area (Å²) in [6.07, 6.45) is -6.76. The van der Waals surface area contributed by atoms with Crippen LogP contribution in [0.1, 0.15) is 0 Å². The maximum Gasteiger partial charge on any atom is 0.165 e. The van der Waals surface area contributed by atoms with E-state index in [1.54, 1.807) is 0 Å². The highest BCUT2D eigenvalue weighted by Gasteiger charge is 2.42. The summed E-state index contributed by atoms with van der Waals surface area (Å²) in [6.45, 7) is -0.539. The SMILES string of the molecule is [N-]=[N+]=NC1OC(CO)C(O)[C@H](O)C1O. The average molecular weight is 205 g/mol. The molecule has 4 unspecified atom stereocenters. The fraction of sp³-hybridized carbons (Fsp3) is 1.00. The van der Waals surface area contributed by atoms with Gasteiger partial charge in [0.2, 0.25) is 0 Å². The Balaban J connectivity index is 2.77. The number of rotatable bonds is 2. The van der Waals surface area contributed by atoms with E-state index < -0.39 is 37.3 Å². The van der Waals surface area contributed by atoms with E-state index in [0.717, 1.165) is 0 Å². The van der Waals surface area contributed by atoms with E-state index in [2.05, 4.69) is 10.0 Å². The van der Waals surface area contributed by atoms with Gasteiger partial charge >= 0.3 is 0 Å². The predicted octanol–water partition coefficient (Wildman–Crippen LogP) is -1.90. The molecular weight excluding hydrogens is 194 g/mol. The topological polar surface area (TPSA) is 139 Å². The molecule has 0 radical (unpaired) electrons. The zero-order chi connectivity index (χ0) is 10.7. The Bertz CT molecular complexity index is 242. The number of aliphatic hydroxyl groups excluding tert-OH is 4. The van der Waals surface area contributed by atoms with Crippen LogP contribution >= 0.6 is 0 Å². The maximum atomic E-state index is 9.27. The van der Waals surface area contributed by atoms with Crippen LogP contribution in [0.3, 0.4) is 0 Å². The first kappa shape index (κ1) is 11.2. The average Bonchev–Trinajstić information content (AvgIpc) is 2.19. The molecule has 8 heteroatoms. The zero-order valence-electron chi connectivity index (χ0n) is 7.13. The maximum absolute atomic E-state index is 9.27. The molecule has 0 aromatic carbocycles. The van der Waals surface area contributed by atoms with Crippen molar-refractivity contribution in [1.29, 1.82) is 0 Å². The Morgan fingerprint density at radius 3 is 2.36 bits per heavy atom. The van der Waals surface area contributed by atoms with Gasteiger partial charge in [0.15, 0.2) is 6.23 Å². The van der Waals surface area contributed by atoms with Gasteiger partial charge in [-0.05, 0) is 5.53 Å². The normalized spacial score (nSPS) is 43.0. The molecule has 80 valence electrons. The molecule has 1 fully saturated rings. The number of hydrogen-bond acceptors (Lipinski definition) is 6. The second-order valence-electron chi connectivity index (χ2n) is 2.92. The van der Waals surface area contributed by atoms with E-state index in [4.69, 9.17) is 15.4 Å². The summed E-state index contributed by atoms with van der Waals surface area (Å²) in [6, 6.07) is 0. The smallest absolute Gasteiger partial charge is 0.165 e. The van der Waals surface area contributed by atoms with E-state index in [1.165, 1.54) is 0 Å². The quantitative estimate of drug-likeness (QED) is 0.237. The van der Waals surface area contributed by atoms with Crippen molar-refractivity contribution in [2.75, 3.05) is 6.61 Å². The highest BCUT2D eigenvalue weighted by Crippen LogP contribution is 2.21. The molecule has 4 N–H and O–H groups in total. The van der Waals surface area contributed by atoms with Crippen molar-refractivity contribution in [2.24, 2.45) is 5.11 Å². The highest BCUT2D eigenvalue weighted by atomic mass is 16.6. The van der Waals surface area contributed by atoms with Crippen molar-refractivity contribution in [3.05, 3.63) is 10.4 Å². The van der Waals surface area contributed by atoms with Crippen LogP contribution < -0.4 is 0 Å². The van der Waals surface area contributed by atoms with Gasteiger partial charge in [-0.2, -0.15) is 0 Å². The van der Waals surface area contributed by atoms with Crippen molar-refractivity contribution < 1.29 is 25.2 Å². The van der Waals surface area contributed by atoms with Gasteiger partial charge in [0, 0.05) is 4.91 Å². The van der Waals surface area contributed by atoms with Crippen LogP contribution in [-0.2, 0) is 4.74 Å². The molecule has 0 aromatic rings. The molecule has 0 spiro atoms. The van der Waals surface area contributed by atoms with Crippen LogP contribution in [-0.4, -0.2) is 57.7 Å². The Hall–Kier alpha value is -0.890. The minimum absolute atomic E-state index is 0.539. The first-order valence-electron chi connectivity index (χ1n) is 3.96. The molecule has 5 atom stereocenters. The first-order chi connectivity index (χ1) is 6.61. The number of hydrogen-bond donors (Lipinski definition) is 4. The number of azide groups is 1. The Labute approximate surface area is 79.0 Å². The minimum Gasteiger partial charge on any atom is -0.394 e. The van der Waals surface area contributed by atoms with Crippen LogP contribution in [0.15, 0.2) is 5.11 Å². The monoisotopic (exact) mass is 205 g/mol. The second kappa shape index (κ2) is 4.56. The molecule has 0 bridgehead atoms. The molecule has 0 amide bonds. The summed E-state index contributed by atoms with van der Waals surface area (Å²) in [4.78, 5) is 2.40. The summed E-state index contributed by atoms with van der Waals surface area (Å²) in [5.74, 6) is 0. The third kappa shape index (κ3) is 1.95. The van der Waals surface area contributed by atoms with Gasteiger partial charge in [-0.3, -0.25) is 0 Å². The summed E-state index contributed by atoms with van der Waals surface area (Å²) in [7, 11) is 0. The molecule has 1 saturated heterocycles. The summed E-state index contributed by atoms with van der Waals surface area (Å²) in [5, 5.41) is 39.6. The third-order valence-electron chi connectivity index (χ3n) is 2.03. The molecule has 0 aromatic heterocycles. The molecule has 14 heavy (non-hydrogen) atoms. The largest absolute Gasteiger partial charge is 0.394 e. The lowest BCUT2D eigenvalue weighted by Crippen LogP contribution is -2.57. The van der Waals surface area contributed by atoms with Crippen LogP contribution in [0.5, 0.6) is 0 Å². The highest BCUT2D eigenvalue weighted by molar-refractivity contribution is 4.90. The van der Waals surface area contributed by atoms with Crippen LogP contribution in [0, 0.1) is 0 Å². The molecule has 1 aliphatic heterocycles. The van der Waals surface area contributed by atoms with Crippen LogP contribution in [0.25, 0.3) is 10.4 Å².